The van der Waals surface area contributed by atoms with Crippen LogP contribution in [0.1, 0.15) is 51.0 Å². The van der Waals surface area contributed by atoms with Crippen LogP contribution in [0.25, 0.3) is 0 Å². The Bertz CT molecular complexity index is 697. The number of rotatable bonds is 10. The number of carbonyl (C=O) groups is 2. The minimum atomic E-state index is -0.444. The zero-order valence-corrected chi connectivity index (χ0v) is 16.4. The van der Waals surface area contributed by atoms with E-state index < -0.39 is 5.91 Å². The molecule has 1 aliphatic carbocycles. The van der Waals surface area contributed by atoms with Crippen LogP contribution in [0.15, 0.2) is 36.0 Å². The van der Waals surface area contributed by atoms with E-state index in [-0.39, 0.29) is 18.4 Å². The second-order valence-corrected chi connectivity index (χ2v) is 6.61. The minimum Gasteiger partial charge on any atom is -0.490 e. The van der Waals surface area contributed by atoms with Crippen molar-refractivity contribution >= 4 is 18.0 Å². The fourth-order valence-electron chi connectivity index (χ4n) is 3.03. The van der Waals surface area contributed by atoms with Crippen molar-refractivity contribution in [2.24, 2.45) is 5.10 Å². The van der Waals surface area contributed by atoms with Crippen molar-refractivity contribution in [1.82, 2.24) is 10.7 Å². The van der Waals surface area contributed by atoms with Crippen molar-refractivity contribution in [3.63, 3.8) is 0 Å². The van der Waals surface area contributed by atoms with E-state index in [1.165, 1.54) is 12.6 Å². The number of amides is 2. The lowest BCUT2D eigenvalue weighted by molar-refractivity contribution is -0.129. The molecule has 0 unspecified atom stereocenters. The van der Waals surface area contributed by atoms with E-state index in [2.05, 4.69) is 22.4 Å². The molecule has 0 atom stereocenters. The molecule has 1 aromatic carbocycles. The molecule has 0 spiro atoms. The highest BCUT2D eigenvalue weighted by Gasteiger charge is 2.17. The molecule has 0 bridgehead atoms. The fourth-order valence-corrected chi connectivity index (χ4v) is 3.03. The van der Waals surface area contributed by atoms with Crippen LogP contribution in [-0.4, -0.2) is 37.3 Å². The van der Waals surface area contributed by atoms with E-state index in [4.69, 9.17) is 9.47 Å². The monoisotopic (exact) mass is 387 g/mol. The first-order chi connectivity index (χ1) is 13.6. The van der Waals surface area contributed by atoms with E-state index in [0.717, 1.165) is 31.2 Å². The van der Waals surface area contributed by atoms with Crippen LogP contribution < -0.4 is 20.2 Å². The lowest BCUT2D eigenvalue weighted by atomic mass is 9.95. The Hall–Kier alpha value is -2.83. The molecule has 0 saturated heterocycles. The zero-order chi connectivity index (χ0) is 20.2. The first kappa shape index (κ1) is 21.5. The third-order valence-corrected chi connectivity index (χ3v) is 4.32. The summed E-state index contributed by atoms with van der Waals surface area (Å²) in [5.74, 6) is 0.497. The number of nitrogens with zero attached hydrogens (tertiary/aromatic N) is 1. The number of nitrogens with one attached hydrogen (secondary N) is 2. The van der Waals surface area contributed by atoms with Gasteiger partial charge in [0.2, 0.25) is 11.8 Å². The van der Waals surface area contributed by atoms with Gasteiger partial charge in [0.15, 0.2) is 11.5 Å². The average molecular weight is 387 g/mol. The largest absolute Gasteiger partial charge is 0.490 e. The molecule has 7 nitrogen and oxygen atoms in total. The highest BCUT2D eigenvalue weighted by Crippen LogP contribution is 2.28. The SMILES string of the molecule is C=CCOc1ccc(/C=N/NC(=O)CC(=O)NC2CCCCC2)cc1OCC. The van der Waals surface area contributed by atoms with Gasteiger partial charge in [-0.2, -0.15) is 5.10 Å². The molecule has 28 heavy (non-hydrogen) atoms. The van der Waals surface area contributed by atoms with E-state index >= 15 is 0 Å². The van der Waals surface area contributed by atoms with Gasteiger partial charge in [0.05, 0.1) is 12.8 Å². The lowest BCUT2D eigenvalue weighted by Gasteiger charge is -2.22. The lowest BCUT2D eigenvalue weighted by Crippen LogP contribution is -2.38. The van der Waals surface area contributed by atoms with E-state index in [1.807, 2.05) is 6.92 Å². The summed E-state index contributed by atoms with van der Waals surface area (Å²) >= 11 is 0. The van der Waals surface area contributed by atoms with Crippen LogP contribution in [0.5, 0.6) is 11.5 Å². The summed E-state index contributed by atoms with van der Waals surface area (Å²) in [7, 11) is 0. The summed E-state index contributed by atoms with van der Waals surface area (Å²) in [6.45, 7) is 6.39. The van der Waals surface area contributed by atoms with Gasteiger partial charge in [0.25, 0.3) is 0 Å². The van der Waals surface area contributed by atoms with Crippen LogP contribution in [0.2, 0.25) is 0 Å². The maximum atomic E-state index is 11.9. The van der Waals surface area contributed by atoms with Gasteiger partial charge in [-0.15, -0.1) is 0 Å². The fraction of sp³-hybridized carbons (Fsp3) is 0.476. The first-order valence-electron chi connectivity index (χ1n) is 9.74. The number of benzene rings is 1. The van der Waals surface area contributed by atoms with Gasteiger partial charge >= 0.3 is 0 Å². The number of hydrogen-bond acceptors (Lipinski definition) is 5. The van der Waals surface area contributed by atoms with Gasteiger partial charge in [-0.3, -0.25) is 9.59 Å². The zero-order valence-electron chi connectivity index (χ0n) is 16.4. The molecule has 0 radical (unpaired) electrons. The Morgan fingerprint density at radius 3 is 2.68 bits per heavy atom. The smallest absolute Gasteiger partial charge is 0.249 e. The average Bonchev–Trinajstić information content (AvgIpc) is 2.68. The molecule has 152 valence electrons. The Balaban J connectivity index is 1.83. The van der Waals surface area contributed by atoms with Crippen molar-refractivity contribution in [2.75, 3.05) is 13.2 Å². The first-order valence-corrected chi connectivity index (χ1v) is 9.74. The summed E-state index contributed by atoms with van der Waals surface area (Å²) < 4.78 is 11.1. The molecule has 1 aromatic rings. The van der Waals surface area contributed by atoms with Gasteiger partial charge < -0.3 is 14.8 Å². The second-order valence-electron chi connectivity index (χ2n) is 6.61. The van der Waals surface area contributed by atoms with Gasteiger partial charge in [-0.25, -0.2) is 5.43 Å². The third-order valence-electron chi connectivity index (χ3n) is 4.32. The van der Waals surface area contributed by atoms with Crippen LogP contribution in [0, 0.1) is 0 Å². The van der Waals surface area contributed by atoms with Crippen LogP contribution >= 0.6 is 0 Å². The summed E-state index contributed by atoms with van der Waals surface area (Å²) in [5, 5.41) is 6.83. The number of ether oxygens (including phenoxy) is 2. The predicted octanol–water partition coefficient (Wildman–Crippen LogP) is 2.94. The number of carbonyl (C=O) groups excluding carboxylic acids is 2. The predicted molar refractivity (Wildman–Crippen MR) is 109 cm³/mol. The summed E-state index contributed by atoms with van der Waals surface area (Å²) in [6, 6.07) is 5.53. The normalized spacial score (nSPS) is 14.5. The maximum absolute atomic E-state index is 11.9. The Morgan fingerprint density at radius 2 is 1.96 bits per heavy atom. The Morgan fingerprint density at radius 1 is 1.18 bits per heavy atom. The molecule has 1 fully saturated rings. The van der Waals surface area contributed by atoms with E-state index in [9.17, 15) is 9.59 Å². The van der Waals surface area contributed by atoms with Gasteiger partial charge in [0.1, 0.15) is 13.0 Å². The molecule has 2 N–H and O–H groups in total. The van der Waals surface area contributed by atoms with Crippen molar-refractivity contribution in [2.45, 2.75) is 51.5 Å². The molecule has 1 aliphatic rings. The van der Waals surface area contributed by atoms with Gasteiger partial charge in [-0.1, -0.05) is 31.9 Å². The molecule has 2 rings (SSSR count). The molecule has 0 heterocycles. The molecule has 7 heteroatoms. The van der Waals surface area contributed by atoms with Crippen molar-refractivity contribution in [3.8, 4) is 11.5 Å². The van der Waals surface area contributed by atoms with E-state index in [0.29, 0.717) is 24.7 Å². The van der Waals surface area contributed by atoms with Crippen LogP contribution in [0.4, 0.5) is 0 Å². The number of hydrogen-bond donors (Lipinski definition) is 2. The molecular formula is C21H29N3O4. The quantitative estimate of drug-likeness (QED) is 0.280. The van der Waals surface area contributed by atoms with Crippen molar-refractivity contribution < 1.29 is 19.1 Å². The van der Waals surface area contributed by atoms with E-state index in [1.54, 1.807) is 24.3 Å². The number of hydrazone groups is 1. The highest BCUT2D eigenvalue weighted by molar-refractivity contribution is 5.97. The summed E-state index contributed by atoms with van der Waals surface area (Å²) in [5.41, 5.74) is 3.12. The van der Waals surface area contributed by atoms with Gasteiger partial charge in [0, 0.05) is 6.04 Å². The molecule has 0 aliphatic heterocycles. The van der Waals surface area contributed by atoms with Crippen LogP contribution in [-0.2, 0) is 9.59 Å². The highest BCUT2D eigenvalue weighted by atomic mass is 16.5. The third kappa shape index (κ3) is 7.42. The molecular weight excluding hydrogens is 358 g/mol. The molecule has 0 aromatic heterocycles. The second kappa shape index (κ2) is 11.8. The standard InChI is InChI=1S/C21H29N3O4/c1-3-12-28-18-11-10-16(13-19(18)27-4-2)15-22-24-21(26)14-20(25)23-17-8-6-5-7-9-17/h3,10-11,13,15,17H,1,4-9,12,14H2,2H3,(H,23,25)(H,24,26)/b22-15+. The Labute approximate surface area is 166 Å². The van der Waals surface area contributed by atoms with Crippen molar-refractivity contribution in [1.29, 1.82) is 0 Å². The molecule has 2 amide bonds. The topological polar surface area (TPSA) is 89.0 Å². The van der Waals surface area contributed by atoms with Crippen LogP contribution in [0.3, 0.4) is 0 Å². The van der Waals surface area contributed by atoms with Crippen molar-refractivity contribution in [3.05, 3.63) is 36.4 Å². The minimum absolute atomic E-state index is 0.191. The Kier molecular flexibility index (Phi) is 9.04. The maximum Gasteiger partial charge on any atom is 0.249 e. The van der Waals surface area contributed by atoms with Gasteiger partial charge in [-0.05, 0) is 43.5 Å². The summed E-state index contributed by atoms with van der Waals surface area (Å²) in [4.78, 5) is 23.8. The molecule has 1 saturated carbocycles. The summed E-state index contributed by atoms with van der Waals surface area (Å²) in [6.07, 6.45) is 8.37.